The molecule has 7 nitrogen and oxygen atoms in total. The third-order valence-corrected chi connectivity index (χ3v) is 5.24. The molecular weight excluding hydrogens is 338 g/mol. The van der Waals surface area contributed by atoms with Crippen molar-refractivity contribution in [3.63, 3.8) is 0 Å². The molecule has 25 heavy (non-hydrogen) atoms. The number of nitrogens with zero attached hydrogens (tertiary/aromatic N) is 4. The number of aromatic nitrogens is 3. The predicted molar refractivity (Wildman–Crippen MR) is 94.2 cm³/mol. The molecule has 2 aromatic heterocycles. The van der Waals surface area contributed by atoms with Crippen molar-refractivity contribution < 1.29 is 9.59 Å². The normalized spacial score (nSPS) is 16.9. The van der Waals surface area contributed by atoms with Gasteiger partial charge in [0, 0.05) is 13.5 Å². The van der Waals surface area contributed by atoms with Gasteiger partial charge in [-0.25, -0.2) is 4.98 Å². The minimum absolute atomic E-state index is 0.0136. The van der Waals surface area contributed by atoms with Gasteiger partial charge < -0.3 is 10.2 Å². The molecule has 1 fully saturated rings. The minimum Gasteiger partial charge on any atom is -0.351 e. The maximum Gasteiger partial charge on any atom is 0.266 e. The van der Waals surface area contributed by atoms with Crippen LogP contribution in [0.4, 0.5) is 0 Å². The highest BCUT2D eigenvalue weighted by molar-refractivity contribution is 7.13. The van der Waals surface area contributed by atoms with Crippen molar-refractivity contribution in [2.24, 2.45) is 0 Å². The number of carbonyl (C=O) groups excluding carboxylic acids is 2. The molecule has 3 rings (SSSR count). The van der Waals surface area contributed by atoms with Crippen molar-refractivity contribution >= 4 is 23.2 Å². The van der Waals surface area contributed by atoms with Gasteiger partial charge in [0.05, 0.1) is 47.1 Å². The molecule has 1 saturated heterocycles. The largest absolute Gasteiger partial charge is 0.351 e. The van der Waals surface area contributed by atoms with Crippen LogP contribution in [0.1, 0.15) is 57.6 Å². The Morgan fingerprint density at radius 1 is 1.32 bits per heavy atom. The molecule has 1 atom stereocenters. The van der Waals surface area contributed by atoms with E-state index in [2.05, 4.69) is 20.3 Å². The van der Waals surface area contributed by atoms with E-state index in [1.165, 1.54) is 18.3 Å². The highest BCUT2D eigenvalue weighted by Crippen LogP contribution is 2.33. The van der Waals surface area contributed by atoms with Gasteiger partial charge in [0.2, 0.25) is 5.91 Å². The average molecular weight is 359 g/mol. The lowest BCUT2D eigenvalue weighted by atomic mass is 10.1. The van der Waals surface area contributed by atoms with Crippen LogP contribution in [0, 0.1) is 13.8 Å². The van der Waals surface area contributed by atoms with E-state index in [-0.39, 0.29) is 17.9 Å². The molecule has 0 saturated carbocycles. The van der Waals surface area contributed by atoms with Gasteiger partial charge >= 0.3 is 0 Å². The summed E-state index contributed by atoms with van der Waals surface area (Å²) in [6, 6.07) is -0.0842. The lowest BCUT2D eigenvalue weighted by Crippen LogP contribution is -2.31. The molecule has 0 aromatic carbocycles. The molecular formula is C17H21N5O2S. The molecule has 2 aromatic rings. The number of rotatable bonds is 4. The number of hydrogen-bond acceptors (Lipinski definition) is 6. The summed E-state index contributed by atoms with van der Waals surface area (Å²) in [7, 11) is 0. The van der Waals surface area contributed by atoms with E-state index in [0.29, 0.717) is 23.7 Å². The Morgan fingerprint density at radius 3 is 2.80 bits per heavy atom. The fourth-order valence-corrected chi connectivity index (χ4v) is 3.94. The Morgan fingerprint density at radius 2 is 2.12 bits per heavy atom. The van der Waals surface area contributed by atoms with Crippen LogP contribution in [0.15, 0.2) is 12.4 Å². The van der Waals surface area contributed by atoms with Crippen LogP contribution in [-0.4, -0.2) is 38.2 Å². The summed E-state index contributed by atoms with van der Waals surface area (Å²) in [6.07, 6.45) is 5.14. The molecule has 1 aliphatic rings. The summed E-state index contributed by atoms with van der Waals surface area (Å²) in [5.41, 5.74) is 2.24. The standard InChI is InChI=1S/C17H21N5O2S/c1-10-16(25-12(3)20-10)17(24)22-6-4-5-15(22)14-9-18-7-13(21-14)8-19-11(2)23/h7,9,15H,4-6,8H2,1-3H3,(H,19,23)/t15-/m0/s1. The fourth-order valence-electron chi connectivity index (χ4n) is 3.06. The van der Waals surface area contributed by atoms with Crippen molar-refractivity contribution in [2.75, 3.05) is 6.54 Å². The van der Waals surface area contributed by atoms with Crippen LogP contribution in [0.2, 0.25) is 0 Å². The summed E-state index contributed by atoms with van der Waals surface area (Å²) < 4.78 is 0. The van der Waals surface area contributed by atoms with Crippen LogP contribution in [-0.2, 0) is 11.3 Å². The monoisotopic (exact) mass is 359 g/mol. The summed E-state index contributed by atoms with van der Waals surface area (Å²) in [4.78, 5) is 39.8. The van der Waals surface area contributed by atoms with Crippen LogP contribution in [0.25, 0.3) is 0 Å². The van der Waals surface area contributed by atoms with E-state index in [1.807, 2.05) is 18.7 Å². The molecule has 1 aliphatic heterocycles. The first-order valence-electron chi connectivity index (χ1n) is 8.26. The molecule has 3 heterocycles. The van der Waals surface area contributed by atoms with E-state index in [0.717, 1.165) is 29.2 Å². The predicted octanol–water partition coefficient (Wildman–Crippen LogP) is 2.16. The zero-order valence-electron chi connectivity index (χ0n) is 14.6. The second-order valence-corrected chi connectivity index (χ2v) is 7.35. The summed E-state index contributed by atoms with van der Waals surface area (Å²) in [5.74, 6) is -0.0967. The SMILES string of the molecule is CC(=O)NCc1cncc([C@@H]2CCCN2C(=O)c2sc(C)nc2C)n1. The van der Waals surface area contributed by atoms with Crippen LogP contribution < -0.4 is 5.32 Å². The number of nitrogens with one attached hydrogen (secondary N) is 1. The zero-order chi connectivity index (χ0) is 18.0. The van der Waals surface area contributed by atoms with Crippen molar-refractivity contribution in [1.29, 1.82) is 0 Å². The van der Waals surface area contributed by atoms with Gasteiger partial charge in [-0.1, -0.05) is 0 Å². The van der Waals surface area contributed by atoms with Gasteiger partial charge in [0.25, 0.3) is 5.91 Å². The average Bonchev–Trinajstić information content (AvgIpc) is 3.19. The molecule has 0 spiro atoms. The highest BCUT2D eigenvalue weighted by Gasteiger charge is 2.33. The smallest absolute Gasteiger partial charge is 0.266 e. The second-order valence-electron chi connectivity index (χ2n) is 6.15. The first-order chi connectivity index (χ1) is 12.0. The lowest BCUT2D eigenvalue weighted by molar-refractivity contribution is -0.119. The Hall–Kier alpha value is -2.35. The number of likely N-dealkylation sites (tertiary alicyclic amines) is 1. The summed E-state index contributed by atoms with van der Waals surface area (Å²) >= 11 is 1.44. The van der Waals surface area contributed by atoms with E-state index in [4.69, 9.17) is 0 Å². The van der Waals surface area contributed by atoms with Crippen molar-refractivity contribution in [2.45, 2.75) is 46.2 Å². The van der Waals surface area contributed by atoms with Gasteiger partial charge in [-0.3, -0.25) is 19.6 Å². The topological polar surface area (TPSA) is 88.1 Å². The second kappa shape index (κ2) is 7.26. The molecule has 2 amide bonds. The summed E-state index contributed by atoms with van der Waals surface area (Å²) in [6.45, 7) is 6.29. The Balaban J connectivity index is 1.82. The Kier molecular flexibility index (Phi) is 5.08. The molecule has 8 heteroatoms. The van der Waals surface area contributed by atoms with Gasteiger partial charge in [0.15, 0.2) is 0 Å². The van der Waals surface area contributed by atoms with Crippen LogP contribution in [0.5, 0.6) is 0 Å². The van der Waals surface area contributed by atoms with Crippen LogP contribution >= 0.6 is 11.3 Å². The maximum atomic E-state index is 13.0. The molecule has 0 bridgehead atoms. The minimum atomic E-state index is -0.110. The number of aryl methyl sites for hydroxylation is 2. The first-order valence-corrected chi connectivity index (χ1v) is 9.07. The molecule has 0 radical (unpaired) electrons. The number of amides is 2. The van der Waals surface area contributed by atoms with E-state index in [9.17, 15) is 9.59 Å². The molecule has 0 aliphatic carbocycles. The van der Waals surface area contributed by atoms with Crippen LogP contribution in [0.3, 0.4) is 0 Å². The lowest BCUT2D eigenvalue weighted by Gasteiger charge is -2.24. The van der Waals surface area contributed by atoms with Gasteiger partial charge in [-0.15, -0.1) is 11.3 Å². The van der Waals surface area contributed by atoms with Crippen molar-refractivity contribution in [3.05, 3.63) is 39.4 Å². The zero-order valence-corrected chi connectivity index (χ0v) is 15.4. The third-order valence-electron chi connectivity index (χ3n) is 4.17. The van der Waals surface area contributed by atoms with E-state index >= 15 is 0 Å². The third kappa shape index (κ3) is 3.84. The fraction of sp³-hybridized carbons (Fsp3) is 0.471. The Bertz CT molecular complexity index is 804. The maximum absolute atomic E-state index is 13.0. The molecule has 0 unspecified atom stereocenters. The summed E-state index contributed by atoms with van der Waals surface area (Å²) in [5, 5.41) is 3.62. The van der Waals surface area contributed by atoms with Gasteiger partial charge in [-0.05, 0) is 26.7 Å². The quantitative estimate of drug-likeness (QED) is 0.904. The number of carbonyl (C=O) groups is 2. The molecule has 1 N–H and O–H groups in total. The molecule has 132 valence electrons. The highest BCUT2D eigenvalue weighted by atomic mass is 32.1. The Labute approximate surface area is 150 Å². The van der Waals surface area contributed by atoms with Gasteiger partial charge in [0.1, 0.15) is 4.88 Å². The first kappa shape index (κ1) is 17.5. The van der Waals surface area contributed by atoms with Crippen molar-refractivity contribution in [3.8, 4) is 0 Å². The van der Waals surface area contributed by atoms with E-state index in [1.54, 1.807) is 12.4 Å². The van der Waals surface area contributed by atoms with E-state index < -0.39 is 0 Å². The van der Waals surface area contributed by atoms with Gasteiger partial charge in [-0.2, -0.15) is 0 Å². The van der Waals surface area contributed by atoms with Crippen molar-refractivity contribution in [1.82, 2.24) is 25.2 Å². The number of hydrogen-bond donors (Lipinski definition) is 1. The number of thiazole rings is 1.